The first kappa shape index (κ1) is 27.8. The Morgan fingerprint density at radius 1 is 0.912 bits per heavy atom. The number of aliphatic hydroxyl groups excluding tert-OH is 4. The van der Waals surface area contributed by atoms with E-state index in [2.05, 4.69) is 31.7 Å². The molecule has 0 radical (unpaired) electrons. The predicted molar refractivity (Wildman–Crippen MR) is 143 cm³/mol. The van der Waals surface area contributed by atoms with Crippen molar-refractivity contribution in [2.24, 2.45) is 10.2 Å². The molecule has 2 aromatic rings. The van der Waals surface area contributed by atoms with E-state index in [1.54, 1.807) is 48.5 Å². The molecule has 0 aliphatic rings. The molecule has 0 aliphatic carbocycles. The van der Waals surface area contributed by atoms with Crippen LogP contribution in [0.4, 0.5) is 11.4 Å². The summed E-state index contributed by atoms with van der Waals surface area (Å²) in [5.74, 6) is 0. The Kier molecular flexibility index (Phi) is 11.5. The van der Waals surface area contributed by atoms with Gasteiger partial charge in [0.1, 0.15) is 24.0 Å². The van der Waals surface area contributed by atoms with E-state index in [0.29, 0.717) is 21.4 Å². The van der Waals surface area contributed by atoms with Crippen molar-refractivity contribution in [3.8, 4) is 0 Å². The summed E-state index contributed by atoms with van der Waals surface area (Å²) in [6.45, 7) is -0.781. The van der Waals surface area contributed by atoms with E-state index in [1.807, 2.05) is 0 Å². The van der Waals surface area contributed by atoms with Crippen molar-refractivity contribution < 1.29 is 20.4 Å². The molecule has 10 nitrogen and oxygen atoms in total. The van der Waals surface area contributed by atoms with Crippen LogP contribution in [-0.2, 0) is 0 Å². The highest BCUT2D eigenvalue weighted by atomic mass is 35.5. The Labute approximate surface area is 216 Å². The quantitative estimate of drug-likeness (QED) is 0.133. The molecule has 14 heteroatoms. The van der Waals surface area contributed by atoms with E-state index in [4.69, 9.17) is 52.7 Å². The van der Waals surface area contributed by atoms with Crippen LogP contribution < -0.4 is 21.5 Å². The number of hydrogen-bond donors (Lipinski definition) is 8. The zero-order valence-corrected chi connectivity index (χ0v) is 20.5. The first-order valence-corrected chi connectivity index (χ1v) is 11.2. The largest absolute Gasteiger partial charge is 0.394 e. The lowest BCUT2D eigenvalue weighted by atomic mass is 10.0. The first-order chi connectivity index (χ1) is 16.2. The van der Waals surface area contributed by atoms with Crippen molar-refractivity contribution in [1.29, 1.82) is 0 Å². The summed E-state index contributed by atoms with van der Waals surface area (Å²) in [6, 6.07) is 13.6. The normalized spacial score (nSPS) is 14.2. The van der Waals surface area contributed by atoms with Crippen LogP contribution in [0.3, 0.4) is 0 Å². The van der Waals surface area contributed by atoms with Gasteiger partial charge in [-0.25, -0.2) is 0 Å². The Balaban J connectivity index is 2.08. The zero-order valence-electron chi connectivity index (χ0n) is 17.4. The molecule has 8 N–H and O–H groups in total. The molecule has 0 aromatic heterocycles. The van der Waals surface area contributed by atoms with E-state index in [-0.39, 0.29) is 15.9 Å². The number of rotatable bonds is 9. The summed E-state index contributed by atoms with van der Waals surface area (Å²) in [6.07, 6.45) is -4.06. The lowest BCUT2D eigenvalue weighted by molar-refractivity contribution is -0.0549. The monoisotopic (exact) mass is 544 g/mol. The second kappa shape index (κ2) is 14.1. The number of thiocarbonyl (C=S) groups is 2. The second-order valence-electron chi connectivity index (χ2n) is 6.63. The van der Waals surface area contributed by atoms with E-state index < -0.39 is 24.9 Å². The van der Waals surface area contributed by atoms with Crippen LogP contribution in [-0.4, -0.2) is 67.5 Å². The lowest BCUT2D eigenvalue weighted by Crippen LogP contribution is -2.45. The molecule has 0 unspecified atom stereocenters. The predicted octanol–water partition coefficient (Wildman–Crippen LogP) is 1.68. The number of nitrogens with one attached hydrogen (secondary N) is 4. The number of nitrogens with zero attached hydrogens (tertiary/aromatic N) is 2. The van der Waals surface area contributed by atoms with Gasteiger partial charge in [0, 0.05) is 21.4 Å². The molecule has 34 heavy (non-hydrogen) atoms. The number of anilines is 2. The minimum atomic E-state index is -1.76. The summed E-state index contributed by atoms with van der Waals surface area (Å²) >= 11 is 22.2. The van der Waals surface area contributed by atoms with Crippen LogP contribution in [0.25, 0.3) is 0 Å². The number of benzene rings is 2. The first-order valence-electron chi connectivity index (χ1n) is 9.60. The summed E-state index contributed by atoms with van der Waals surface area (Å²) in [4.78, 5) is 0. The number of halogens is 2. The molecule has 0 spiro atoms. The van der Waals surface area contributed by atoms with Crippen LogP contribution in [0, 0.1) is 0 Å². The van der Waals surface area contributed by atoms with E-state index in [9.17, 15) is 15.3 Å². The van der Waals surface area contributed by atoms with Crippen molar-refractivity contribution in [3.63, 3.8) is 0 Å². The molecule has 2 rings (SSSR count). The number of hydrazone groups is 2. The molecule has 0 bridgehead atoms. The fourth-order valence-corrected chi connectivity index (χ4v) is 3.10. The summed E-state index contributed by atoms with van der Waals surface area (Å²) in [7, 11) is 0. The fourth-order valence-electron chi connectivity index (χ4n) is 2.39. The molecule has 0 amide bonds. The van der Waals surface area contributed by atoms with E-state index in [0.717, 1.165) is 6.21 Å². The van der Waals surface area contributed by atoms with Crippen molar-refractivity contribution >= 4 is 81.2 Å². The van der Waals surface area contributed by atoms with Crippen LogP contribution in [0.2, 0.25) is 10.0 Å². The minimum Gasteiger partial charge on any atom is -0.394 e. The molecule has 0 heterocycles. The van der Waals surface area contributed by atoms with Gasteiger partial charge in [0.05, 0.1) is 12.8 Å². The van der Waals surface area contributed by atoms with Crippen LogP contribution in [0.5, 0.6) is 0 Å². The number of hydrogen-bond acceptors (Lipinski definition) is 8. The van der Waals surface area contributed by atoms with Crippen molar-refractivity contribution in [2.45, 2.75) is 18.3 Å². The SMILES string of the molecule is OC[C@@H](O)[C@@H](O)[C@H](O)C(/C=N/NC(=S)Nc1cccc(Cl)c1)=N\NC(=S)Nc1cccc(Cl)c1. The van der Waals surface area contributed by atoms with Gasteiger partial charge in [0.15, 0.2) is 10.2 Å². The minimum absolute atomic E-state index is 0.0451. The third-order valence-electron chi connectivity index (χ3n) is 4.02. The average molecular weight is 545 g/mol. The molecular formula is C20H22Cl2N6O4S2. The highest BCUT2D eigenvalue weighted by Crippen LogP contribution is 2.15. The number of aliphatic hydroxyl groups is 4. The van der Waals surface area contributed by atoms with Crippen molar-refractivity contribution in [2.75, 3.05) is 17.2 Å². The molecule has 3 atom stereocenters. The highest BCUT2D eigenvalue weighted by molar-refractivity contribution is 7.80. The Morgan fingerprint density at radius 3 is 1.94 bits per heavy atom. The van der Waals surface area contributed by atoms with Gasteiger partial charge in [-0.15, -0.1) is 0 Å². The smallest absolute Gasteiger partial charge is 0.191 e. The van der Waals surface area contributed by atoms with Gasteiger partial charge < -0.3 is 31.1 Å². The Morgan fingerprint density at radius 2 is 1.44 bits per heavy atom. The van der Waals surface area contributed by atoms with E-state index in [1.165, 1.54) is 0 Å². The third kappa shape index (κ3) is 9.44. The maximum absolute atomic E-state index is 10.4. The van der Waals surface area contributed by atoms with Gasteiger partial charge >= 0.3 is 0 Å². The highest BCUT2D eigenvalue weighted by Gasteiger charge is 2.28. The van der Waals surface area contributed by atoms with Crippen molar-refractivity contribution in [3.05, 3.63) is 58.6 Å². The molecule has 182 valence electrons. The molecule has 0 saturated heterocycles. The van der Waals surface area contributed by atoms with Gasteiger partial charge in [-0.05, 0) is 60.8 Å². The average Bonchev–Trinajstić information content (AvgIpc) is 2.79. The lowest BCUT2D eigenvalue weighted by Gasteiger charge is -2.21. The van der Waals surface area contributed by atoms with Gasteiger partial charge in [0.25, 0.3) is 0 Å². The van der Waals surface area contributed by atoms with Gasteiger partial charge in [-0.1, -0.05) is 35.3 Å². The van der Waals surface area contributed by atoms with Crippen LogP contribution in [0.15, 0.2) is 58.7 Å². The van der Waals surface area contributed by atoms with Crippen LogP contribution >= 0.6 is 47.6 Å². The molecule has 0 aliphatic heterocycles. The maximum atomic E-state index is 10.4. The Bertz CT molecular complexity index is 1060. The van der Waals surface area contributed by atoms with Gasteiger partial charge in [0.2, 0.25) is 0 Å². The van der Waals surface area contributed by atoms with Gasteiger partial charge in [-0.3, -0.25) is 10.9 Å². The summed E-state index contributed by atoms with van der Waals surface area (Å²) in [5, 5.41) is 53.8. The molecule has 0 fully saturated rings. The topological polar surface area (TPSA) is 154 Å². The maximum Gasteiger partial charge on any atom is 0.191 e. The van der Waals surface area contributed by atoms with Crippen molar-refractivity contribution in [1.82, 2.24) is 10.9 Å². The molecule has 0 saturated carbocycles. The van der Waals surface area contributed by atoms with Crippen LogP contribution in [0.1, 0.15) is 0 Å². The zero-order chi connectivity index (χ0) is 25.1. The summed E-state index contributed by atoms with van der Waals surface area (Å²) < 4.78 is 0. The van der Waals surface area contributed by atoms with E-state index >= 15 is 0 Å². The molecular weight excluding hydrogens is 523 g/mol. The summed E-state index contributed by atoms with van der Waals surface area (Å²) in [5.41, 5.74) is 6.00. The second-order valence-corrected chi connectivity index (χ2v) is 8.32. The third-order valence-corrected chi connectivity index (χ3v) is 4.88. The fraction of sp³-hybridized carbons (Fsp3) is 0.200. The van der Waals surface area contributed by atoms with Gasteiger partial charge in [-0.2, -0.15) is 10.2 Å². The molecule has 2 aromatic carbocycles. The Hall–Kier alpha value is -2.42. The standard InChI is InChI=1S/C20H22Cl2N6O4S2/c21-11-3-1-5-13(7-11)24-19(33)27-23-9-15(17(31)18(32)16(30)10-29)26-28-20(34)25-14-6-2-4-12(22)8-14/h1-9,16-18,29-32H,10H2,(H2,24,27,33)(H2,25,28,34)/b23-9+,26-15-/t16-,17-,18-/m1/s1.